The second-order valence-corrected chi connectivity index (χ2v) is 7.43. The van der Waals surface area contributed by atoms with Crippen LogP contribution < -0.4 is 0 Å². The van der Waals surface area contributed by atoms with Gasteiger partial charge in [0.05, 0.1) is 22.8 Å². The Kier molecular flexibility index (Phi) is 4.33. The van der Waals surface area contributed by atoms with Gasteiger partial charge in [-0.05, 0) is 31.2 Å². The molecular weight excluding hydrogens is 438 g/mol. The summed E-state index contributed by atoms with van der Waals surface area (Å²) in [5.74, 6) is 0.867. The summed E-state index contributed by atoms with van der Waals surface area (Å²) in [6.07, 6.45) is -3.51. The molecule has 0 N–H and O–H groups in total. The van der Waals surface area contributed by atoms with Crippen molar-refractivity contribution in [3.63, 3.8) is 0 Å². The molecule has 0 bridgehead atoms. The van der Waals surface area contributed by atoms with Gasteiger partial charge in [-0.3, -0.25) is 4.57 Å². The molecule has 0 saturated heterocycles. The number of alkyl halides is 3. The predicted molar refractivity (Wildman–Crippen MR) is 102 cm³/mol. The van der Waals surface area contributed by atoms with Crippen molar-refractivity contribution in [1.29, 1.82) is 0 Å². The molecule has 0 fully saturated rings. The number of rotatable bonds is 2. The number of hydrogen-bond donors (Lipinski definition) is 0. The standard InChI is InChI=1S/C19H12ClF4N7/c1-9-8-30-16(13-6-5-10(21)7-25-13)27-28-17(30)18-29-26-15(31(9)18)11-3-2-4-12(14(11)20)19(22,23)24/h2-7,9H,8H2,1H3. The maximum atomic E-state index is 13.3. The quantitative estimate of drug-likeness (QED) is 0.416. The van der Waals surface area contributed by atoms with Crippen molar-refractivity contribution in [1.82, 2.24) is 34.5 Å². The van der Waals surface area contributed by atoms with Gasteiger partial charge in [0.25, 0.3) is 0 Å². The van der Waals surface area contributed by atoms with Crippen molar-refractivity contribution >= 4 is 11.6 Å². The Balaban J connectivity index is 1.64. The van der Waals surface area contributed by atoms with Crippen molar-refractivity contribution in [2.24, 2.45) is 0 Å². The molecule has 12 heteroatoms. The number of benzene rings is 1. The first-order valence-electron chi connectivity index (χ1n) is 9.12. The molecule has 1 aromatic carbocycles. The van der Waals surface area contributed by atoms with Gasteiger partial charge in [0.1, 0.15) is 11.5 Å². The largest absolute Gasteiger partial charge is 0.417 e. The van der Waals surface area contributed by atoms with Gasteiger partial charge in [-0.15, -0.1) is 20.4 Å². The van der Waals surface area contributed by atoms with Gasteiger partial charge in [0.15, 0.2) is 11.6 Å². The van der Waals surface area contributed by atoms with E-state index in [1.54, 1.807) is 9.13 Å². The van der Waals surface area contributed by atoms with E-state index in [0.29, 0.717) is 29.7 Å². The molecule has 0 aliphatic carbocycles. The molecular formula is C19H12ClF4N7. The summed E-state index contributed by atoms with van der Waals surface area (Å²) in [7, 11) is 0. The van der Waals surface area contributed by atoms with Gasteiger partial charge < -0.3 is 4.57 Å². The number of fused-ring (bicyclic) bond motifs is 3. The van der Waals surface area contributed by atoms with Crippen molar-refractivity contribution in [3.05, 3.63) is 52.9 Å². The number of halogens is 5. The highest BCUT2D eigenvalue weighted by atomic mass is 35.5. The van der Waals surface area contributed by atoms with Gasteiger partial charge in [-0.1, -0.05) is 17.7 Å². The minimum Gasteiger partial charge on any atom is -0.301 e. The van der Waals surface area contributed by atoms with Crippen molar-refractivity contribution in [2.75, 3.05) is 0 Å². The van der Waals surface area contributed by atoms with Crippen molar-refractivity contribution in [3.8, 4) is 34.6 Å². The third-order valence-corrected chi connectivity index (χ3v) is 5.44. The highest BCUT2D eigenvalue weighted by Gasteiger charge is 2.36. The fraction of sp³-hybridized carbons (Fsp3) is 0.211. The number of nitrogens with zero attached hydrogens (tertiary/aromatic N) is 7. The molecule has 1 aliphatic rings. The van der Waals surface area contributed by atoms with Crippen LogP contribution in [0.4, 0.5) is 17.6 Å². The molecule has 31 heavy (non-hydrogen) atoms. The Labute approximate surface area is 177 Å². The van der Waals surface area contributed by atoms with Gasteiger partial charge in [0, 0.05) is 12.1 Å². The van der Waals surface area contributed by atoms with E-state index in [1.165, 1.54) is 24.3 Å². The molecule has 4 aromatic rings. The normalized spacial score (nSPS) is 15.6. The minimum absolute atomic E-state index is 0.121. The first kappa shape index (κ1) is 19.6. The fourth-order valence-corrected chi connectivity index (χ4v) is 3.97. The Morgan fingerprint density at radius 2 is 1.68 bits per heavy atom. The molecule has 5 rings (SSSR count). The summed E-state index contributed by atoms with van der Waals surface area (Å²) < 4.78 is 56.6. The van der Waals surface area contributed by atoms with E-state index >= 15 is 0 Å². The lowest BCUT2D eigenvalue weighted by atomic mass is 10.1. The molecule has 158 valence electrons. The van der Waals surface area contributed by atoms with Crippen LogP contribution in [0.2, 0.25) is 5.02 Å². The number of aromatic nitrogens is 7. The maximum Gasteiger partial charge on any atom is 0.417 e. The van der Waals surface area contributed by atoms with Crippen molar-refractivity contribution < 1.29 is 17.6 Å². The second-order valence-electron chi connectivity index (χ2n) is 7.05. The van der Waals surface area contributed by atoms with Crippen LogP contribution >= 0.6 is 11.6 Å². The van der Waals surface area contributed by atoms with Crippen LogP contribution in [0.1, 0.15) is 18.5 Å². The topological polar surface area (TPSA) is 74.3 Å². The van der Waals surface area contributed by atoms with E-state index in [0.717, 1.165) is 12.3 Å². The Morgan fingerprint density at radius 3 is 2.39 bits per heavy atom. The molecule has 0 amide bonds. The lowest BCUT2D eigenvalue weighted by Crippen LogP contribution is -2.22. The Hall–Kier alpha value is -3.34. The SMILES string of the molecule is CC1Cn2c(-c3ccc(F)cn3)nnc2-c2nnc(-c3cccc(C(F)(F)F)c3Cl)n21. The Morgan fingerprint density at radius 1 is 0.968 bits per heavy atom. The van der Waals surface area contributed by atoms with Crippen LogP contribution in [0.5, 0.6) is 0 Å². The summed E-state index contributed by atoms with van der Waals surface area (Å²) in [5, 5.41) is 16.1. The van der Waals surface area contributed by atoms with Gasteiger partial charge in [0.2, 0.25) is 11.6 Å². The van der Waals surface area contributed by atoms with Crippen LogP contribution in [0.25, 0.3) is 34.6 Å². The molecule has 1 unspecified atom stereocenters. The fourth-order valence-electron chi connectivity index (χ4n) is 3.65. The van der Waals surface area contributed by atoms with E-state index in [1.807, 2.05) is 6.92 Å². The zero-order chi connectivity index (χ0) is 21.9. The number of pyridine rings is 1. The van der Waals surface area contributed by atoms with Crippen LogP contribution in [-0.2, 0) is 12.7 Å². The molecule has 1 aliphatic heterocycles. The predicted octanol–water partition coefficient (Wildman–Crippen LogP) is 4.65. The van der Waals surface area contributed by atoms with Gasteiger partial charge in [-0.25, -0.2) is 9.37 Å². The minimum atomic E-state index is -4.60. The third kappa shape index (κ3) is 3.07. The summed E-state index contributed by atoms with van der Waals surface area (Å²) in [5.41, 5.74) is -0.391. The third-order valence-electron chi connectivity index (χ3n) is 5.04. The van der Waals surface area contributed by atoms with E-state index in [-0.39, 0.29) is 17.4 Å². The highest BCUT2D eigenvalue weighted by Crippen LogP contribution is 2.41. The average molecular weight is 450 g/mol. The summed E-state index contributed by atoms with van der Waals surface area (Å²) in [6, 6.07) is 6.17. The van der Waals surface area contributed by atoms with Crippen LogP contribution in [0.3, 0.4) is 0 Å². The average Bonchev–Trinajstić information content (AvgIpc) is 3.33. The smallest absolute Gasteiger partial charge is 0.301 e. The summed E-state index contributed by atoms with van der Waals surface area (Å²) >= 11 is 6.10. The molecule has 3 aromatic heterocycles. The highest BCUT2D eigenvalue weighted by molar-refractivity contribution is 6.34. The number of hydrogen-bond acceptors (Lipinski definition) is 5. The zero-order valence-corrected chi connectivity index (χ0v) is 16.5. The summed E-state index contributed by atoms with van der Waals surface area (Å²) in [4.78, 5) is 4.04. The molecule has 1 atom stereocenters. The maximum absolute atomic E-state index is 13.3. The van der Waals surface area contributed by atoms with Crippen molar-refractivity contribution in [2.45, 2.75) is 25.7 Å². The first-order chi connectivity index (χ1) is 14.8. The second kappa shape index (κ2) is 6.84. The molecule has 0 radical (unpaired) electrons. The van der Waals surface area contributed by atoms with E-state index in [9.17, 15) is 17.6 Å². The molecule has 0 spiro atoms. The van der Waals surface area contributed by atoms with Crippen LogP contribution in [-0.4, -0.2) is 34.5 Å². The Bertz CT molecular complexity index is 1290. The van der Waals surface area contributed by atoms with E-state index in [4.69, 9.17) is 11.6 Å². The zero-order valence-electron chi connectivity index (χ0n) is 15.8. The van der Waals surface area contributed by atoms with Gasteiger partial charge >= 0.3 is 6.18 Å². The lowest BCUT2D eigenvalue weighted by Gasteiger charge is -2.25. The molecule has 4 heterocycles. The van der Waals surface area contributed by atoms with E-state index < -0.39 is 22.6 Å². The monoisotopic (exact) mass is 449 g/mol. The van der Waals surface area contributed by atoms with Crippen LogP contribution in [0.15, 0.2) is 36.5 Å². The van der Waals surface area contributed by atoms with Gasteiger partial charge in [-0.2, -0.15) is 13.2 Å². The first-order valence-corrected chi connectivity index (χ1v) is 9.50. The lowest BCUT2D eigenvalue weighted by molar-refractivity contribution is -0.137. The van der Waals surface area contributed by atoms with Crippen LogP contribution in [0, 0.1) is 5.82 Å². The molecule has 0 saturated carbocycles. The van der Waals surface area contributed by atoms with E-state index in [2.05, 4.69) is 25.4 Å². The molecule has 7 nitrogen and oxygen atoms in total. The summed E-state index contributed by atoms with van der Waals surface area (Å²) in [6.45, 7) is 2.24.